The zero-order valence-corrected chi connectivity index (χ0v) is 10.7. The molecule has 2 heterocycles. The molecule has 0 aliphatic rings. The van der Waals surface area contributed by atoms with Gasteiger partial charge in [0.1, 0.15) is 5.69 Å². The summed E-state index contributed by atoms with van der Waals surface area (Å²) in [5.74, 6) is 0.727. The lowest BCUT2D eigenvalue weighted by Crippen LogP contribution is -1.84. The monoisotopic (exact) mass is 302 g/mol. The van der Waals surface area contributed by atoms with Crippen molar-refractivity contribution in [1.29, 1.82) is 0 Å². The molecule has 0 spiro atoms. The van der Waals surface area contributed by atoms with Crippen LogP contribution < -0.4 is 0 Å². The first-order valence-corrected chi connectivity index (χ1v) is 6.01. The molecule has 0 aliphatic heterocycles. The fourth-order valence-corrected chi connectivity index (χ4v) is 2.03. The molecule has 0 radical (unpaired) electrons. The average Bonchev–Trinajstić information content (AvgIpc) is 2.78. The number of rotatable bonds is 2. The highest BCUT2D eigenvalue weighted by Crippen LogP contribution is 2.30. The van der Waals surface area contributed by atoms with Crippen LogP contribution in [0.5, 0.6) is 0 Å². The molecule has 3 rings (SSSR count). The highest BCUT2D eigenvalue weighted by molar-refractivity contribution is 9.10. The lowest BCUT2D eigenvalue weighted by atomic mass is 10.1. The topological polar surface area (TPSA) is 59.6 Å². The van der Waals surface area contributed by atoms with E-state index in [-0.39, 0.29) is 5.82 Å². The molecule has 0 aliphatic carbocycles. The number of nitroso groups, excluding NO2 is 1. The first kappa shape index (κ1) is 11.0. The smallest absolute Gasteiger partial charge is 0.236 e. The summed E-state index contributed by atoms with van der Waals surface area (Å²) in [6, 6.07) is 9.26. The van der Waals surface area contributed by atoms with Gasteiger partial charge in [0.25, 0.3) is 0 Å². The van der Waals surface area contributed by atoms with Crippen LogP contribution >= 0.6 is 15.9 Å². The highest BCUT2D eigenvalue weighted by Gasteiger charge is 2.14. The van der Waals surface area contributed by atoms with Gasteiger partial charge in [-0.2, -0.15) is 0 Å². The predicted octanol–water partition coefficient (Wildman–Crippen LogP) is 3.56. The molecule has 88 valence electrons. The van der Waals surface area contributed by atoms with Crippen molar-refractivity contribution in [3.63, 3.8) is 0 Å². The van der Waals surface area contributed by atoms with Gasteiger partial charge in [-0.05, 0) is 23.4 Å². The third-order valence-electron chi connectivity index (χ3n) is 2.58. The summed E-state index contributed by atoms with van der Waals surface area (Å²) < 4.78 is 2.54. The second kappa shape index (κ2) is 4.30. The number of benzene rings is 1. The van der Waals surface area contributed by atoms with E-state index in [1.165, 1.54) is 0 Å². The van der Waals surface area contributed by atoms with Crippen LogP contribution in [0.25, 0.3) is 17.0 Å². The van der Waals surface area contributed by atoms with Crippen LogP contribution in [-0.4, -0.2) is 14.4 Å². The van der Waals surface area contributed by atoms with E-state index >= 15 is 0 Å². The summed E-state index contributed by atoms with van der Waals surface area (Å²) in [6.07, 6.45) is 3.34. The van der Waals surface area contributed by atoms with Gasteiger partial charge in [0, 0.05) is 22.4 Å². The molecule has 18 heavy (non-hydrogen) atoms. The number of hydrogen-bond acceptors (Lipinski definition) is 4. The number of aromatic nitrogens is 3. The molecule has 0 fully saturated rings. The van der Waals surface area contributed by atoms with Gasteiger partial charge in [0.15, 0.2) is 0 Å². The first-order chi connectivity index (χ1) is 8.79. The molecular formula is C12H7BrN4O. The number of fused-ring (bicyclic) bond motifs is 1. The van der Waals surface area contributed by atoms with Gasteiger partial charge >= 0.3 is 0 Å². The van der Waals surface area contributed by atoms with Gasteiger partial charge in [-0.25, -0.2) is 9.97 Å². The summed E-state index contributed by atoms with van der Waals surface area (Å²) >= 11 is 3.37. The van der Waals surface area contributed by atoms with E-state index in [2.05, 4.69) is 31.1 Å². The molecule has 0 unspecified atom stereocenters. The van der Waals surface area contributed by atoms with Crippen LogP contribution in [0.2, 0.25) is 0 Å². The summed E-state index contributed by atoms with van der Waals surface area (Å²) in [5, 5.41) is 3.06. The minimum absolute atomic E-state index is 0.264. The lowest BCUT2D eigenvalue weighted by molar-refractivity contribution is 1.10. The third-order valence-corrected chi connectivity index (χ3v) is 3.11. The number of nitrogens with zero attached hydrogens (tertiary/aromatic N) is 4. The molecular weight excluding hydrogens is 296 g/mol. The Bertz CT molecular complexity index is 721. The van der Waals surface area contributed by atoms with E-state index in [0.29, 0.717) is 11.5 Å². The Labute approximate surface area is 111 Å². The minimum atomic E-state index is 0.264. The average molecular weight is 303 g/mol. The quantitative estimate of drug-likeness (QED) is 0.680. The lowest BCUT2D eigenvalue weighted by Gasteiger charge is -1.97. The van der Waals surface area contributed by atoms with Crippen molar-refractivity contribution in [2.75, 3.05) is 0 Å². The van der Waals surface area contributed by atoms with Gasteiger partial charge < -0.3 is 0 Å². The van der Waals surface area contributed by atoms with Gasteiger partial charge in [0.05, 0.1) is 0 Å². The molecule has 1 aromatic carbocycles. The summed E-state index contributed by atoms with van der Waals surface area (Å²) in [6.45, 7) is 0. The van der Waals surface area contributed by atoms with Crippen molar-refractivity contribution < 1.29 is 0 Å². The van der Waals surface area contributed by atoms with E-state index in [9.17, 15) is 4.91 Å². The van der Waals surface area contributed by atoms with E-state index in [1.807, 2.05) is 24.3 Å². The van der Waals surface area contributed by atoms with Gasteiger partial charge in [0.2, 0.25) is 11.6 Å². The molecule has 0 atom stereocenters. The molecule has 2 aromatic heterocycles. The molecule has 0 saturated carbocycles. The van der Waals surface area contributed by atoms with Gasteiger partial charge in [-0.1, -0.05) is 28.1 Å². The summed E-state index contributed by atoms with van der Waals surface area (Å²) in [5.41, 5.74) is 1.37. The minimum Gasteiger partial charge on any atom is -0.265 e. The zero-order chi connectivity index (χ0) is 12.5. The molecule has 6 heteroatoms. The van der Waals surface area contributed by atoms with Gasteiger partial charge in [-0.15, -0.1) is 4.91 Å². The third kappa shape index (κ3) is 1.70. The van der Waals surface area contributed by atoms with Crippen LogP contribution in [0.4, 0.5) is 5.82 Å². The zero-order valence-electron chi connectivity index (χ0n) is 9.12. The fourth-order valence-electron chi connectivity index (χ4n) is 1.76. The van der Waals surface area contributed by atoms with Crippen molar-refractivity contribution >= 4 is 27.5 Å². The Kier molecular flexibility index (Phi) is 2.64. The Balaban J connectivity index is 2.28. The maximum Gasteiger partial charge on any atom is 0.236 e. The Morgan fingerprint density at radius 1 is 1.22 bits per heavy atom. The molecule has 0 saturated heterocycles. The molecule has 0 bridgehead atoms. The van der Waals surface area contributed by atoms with Crippen molar-refractivity contribution in [3.8, 4) is 11.3 Å². The second-order valence-electron chi connectivity index (χ2n) is 3.67. The van der Waals surface area contributed by atoms with E-state index in [0.717, 1.165) is 10.0 Å². The van der Waals surface area contributed by atoms with Crippen LogP contribution in [0, 0.1) is 4.91 Å². The first-order valence-electron chi connectivity index (χ1n) is 5.22. The van der Waals surface area contributed by atoms with E-state index < -0.39 is 0 Å². The highest BCUT2D eigenvalue weighted by atomic mass is 79.9. The maximum atomic E-state index is 11.0. The predicted molar refractivity (Wildman–Crippen MR) is 71.6 cm³/mol. The number of imidazole rings is 1. The Morgan fingerprint density at radius 2 is 2.00 bits per heavy atom. The van der Waals surface area contributed by atoms with Crippen LogP contribution in [-0.2, 0) is 0 Å². The van der Waals surface area contributed by atoms with Crippen LogP contribution in [0.1, 0.15) is 0 Å². The van der Waals surface area contributed by atoms with Crippen molar-refractivity contribution in [1.82, 2.24) is 14.4 Å². The molecule has 3 aromatic rings. The normalized spacial score (nSPS) is 10.7. The molecule has 0 amide bonds. The fraction of sp³-hybridized carbons (Fsp3) is 0. The maximum absolute atomic E-state index is 11.0. The Morgan fingerprint density at radius 3 is 2.72 bits per heavy atom. The SMILES string of the molecule is O=Nc1c(-c2ccc(Br)cc2)nc2ncccn12. The van der Waals surface area contributed by atoms with E-state index in [4.69, 9.17) is 0 Å². The summed E-state index contributed by atoms with van der Waals surface area (Å²) in [4.78, 5) is 19.4. The van der Waals surface area contributed by atoms with Crippen molar-refractivity contribution in [2.45, 2.75) is 0 Å². The Hall–Kier alpha value is -2.08. The van der Waals surface area contributed by atoms with Gasteiger partial charge in [-0.3, -0.25) is 4.40 Å². The number of hydrogen-bond donors (Lipinski definition) is 0. The molecule has 5 nitrogen and oxygen atoms in total. The van der Waals surface area contributed by atoms with Crippen LogP contribution in [0.15, 0.2) is 52.4 Å². The summed E-state index contributed by atoms with van der Waals surface area (Å²) in [7, 11) is 0. The standard InChI is InChI=1S/C12H7BrN4O/c13-9-4-2-8(3-5-9)10-11(16-18)17-7-1-6-14-12(17)15-10/h1-7H. The molecule has 0 N–H and O–H groups in total. The second-order valence-corrected chi connectivity index (χ2v) is 4.59. The largest absolute Gasteiger partial charge is 0.265 e. The van der Waals surface area contributed by atoms with Crippen molar-refractivity contribution in [3.05, 3.63) is 52.1 Å². The van der Waals surface area contributed by atoms with E-state index in [1.54, 1.807) is 22.9 Å². The van der Waals surface area contributed by atoms with Crippen molar-refractivity contribution in [2.24, 2.45) is 5.18 Å². The number of halogens is 1. The van der Waals surface area contributed by atoms with Crippen LogP contribution in [0.3, 0.4) is 0 Å².